The summed E-state index contributed by atoms with van der Waals surface area (Å²) in [5.74, 6) is 0.322. The molecule has 0 aliphatic carbocycles. The van der Waals surface area contributed by atoms with E-state index in [2.05, 4.69) is 0 Å². The molecule has 1 aromatic rings. The van der Waals surface area contributed by atoms with E-state index in [-0.39, 0.29) is 0 Å². The summed E-state index contributed by atoms with van der Waals surface area (Å²) in [6.07, 6.45) is 1.82. The second-order valence-electron chi connectivity index (χ2n) is 2.02. The number of phenols is 1. The van der Waals surface area contributed by atoms with Crippen molar-refractivity contribution < 1.29 is 22.6 Å². The quantitative estimate of drug-likeness (QED) is 0.402. The Kier molecular flexibility index (Phi) is 10.8. The highest BCUT2D eigenvalue weighted by molar-refractivity contribution is 7.96. The number of hydrogen-bond acceptors (Lipinski definition) is 5. The highest BCUT2D eigenvalue weighted by atomic mass is 32.3. The molecule has 0 atom stereocenters. The van der Waals surface area contributed by atoms with Gasteiger partial charge in [0.25, 0.3) is 0 Å². The van der Waals surface area contributed by atoms with E-state index in [0.717, 1.165) is 0 Å². The van der Waals surface area contributed by atoms with E-state index in [1.807, 2.05) is 12.3 Å². The van der Waals surface area contributed by atoms with Gasteiger partial charge in [0, 0.05) is 0 Å². The monoisotopic (exact) mass is 255 g/mol. The molecular formula is C7H13NO5S2. The topological polar surface area (TPSA) is 121 Å². The standard InChI is InChI=1S/C6H6O.CH5NS.H2O4S/c7-6-4-2-1-3-5-6;1-3-2;1-5(2,3)4/h1-5,7H;2H2,1H3;(H2,1,2,3,4). The Morgan fingerprint density at radius 3 is 1.60 bits per heavy atom. The van der Waals surface area contributed by atoms with Crippen LogP contribution in [0.4, 0.5) is 0 Å². The van der Waals surface area contributed by atoms with Crippen LogP contribution in [-0.2, 0) is 10.4 Å². The third-order valence-electron chi connectivity index (χ3n) is 0.756. The minimum Gasteiger partial charge on any atom is -0.508 e. The molecule has 0 aromatic heterocycles. The van der Waals surface area contributed by atoms with Crippen molar-refractivity contribution in [2.75, 3.05) is 6.26 Å². The van der Waals surface area contributed by atoms with Crippen molar-refractivity contribution in [3.05, 3.63) is 30.3 Å². The van der Waals surface area contributed by atoms with Gasteiger partial charge < -0.3 is 5.11 Å². The summed E-state index contributed by atoms with van der Waals surface area (Å²) in [7, 11) is -4.67. The molecule has 5 N–H and O–H groups in total. The molecule has 88 valence electrons. The lowest BCUT2D eigenvalue weighted by Crippen LogP contribution is -1.89. The smallest absolute Gasteiger partial charge is 0.394 e. The second kappa shape index (κ2) is 9.74. The maximum Gasteiger partial charge on any atom is 0.394 e. The molecule has 8 heteroatoms. The molecule has 0 fully saturated rings. The van der Waals surface area contributed by atoms with Gasteiger partial charge in [0.1, 0.15) is 5.75 Å². The van der Waals surface area contributed by atoms with Crippen LogP contribution in [0.25, 0.3) is 0 Å². The molecule has 0 saturated carbocycles. The Balaban J connectivity index is 0. The first-order valence-corrected chi connectivity index (χ1v) is 6.16. The highest BCUT2D eigenvalue weighted by Crippen LogP contribution is 2.02. The molecule has 0 aliphatic rings. The zero-order valence-electron chi connectivity index (χ0n) is 7.94. The summed E-state index contributed by atoms with van der Waals surface area (Å²) in [5, 5.41) is 13.4. The van der Waals surface area contributed by atoms with Crippen LogP contribution in [0.15, 0.2) is 30.3 Å². The predicted molar refractivity (Wildman–Crippen MR) is 60.0 cm³/mol. The number of aromatic hydroxyl groups is 1. The van der Waals surface area contributed by atoms with Crippen LogP contribution < -0.4 is 5.14 Å². The third-order valence-corrected chi connectivity index (χ3v) is 0.756. The molecule has 1 rings (SSSR count). The molecule has 0 bridgehead atoms. The molecule has 0 aliphatic heterocycles. The molecule has 0 amide bonds. The zero-order valence-corrected chi connectivity index (χ0v) is 9.57. The van der Waals surface area contributed by atoms with E-state index in [9.17, 15) is 0 Å². The van der Waals surface area contributed by atoms with Gasteiger partial charge in [-0.2, -0.15) is 8.42 Å². The summed E-state index contributed by atoms with van der Waals surface area (Å²) >= 11 is 1.25. The lowest BCUT2D eigenvalue weighted by atomic mass is 10.3. The Hall–Kier alpha value is -0.800. The molecule has 0 heterocycles. The van der Waals surface area contributed by atoms with Gasteiger partial charge >= 0.3 is 10.4 Å². The van der Waals surface area contributed by atoms with Crippen LogP contribution in [-0.4, -0.2) is 28.9 Å². The van der Waals surface area contributed by atoms with Gasteiger partial charge in [-0.3, -0.25) is 14.2 Å². The van der Waals surface area contributed by atoms with Crippen LogP contribution in [0.1, 0.15) is 0 Å². The Bertz CT molecular complexity index is 318. The van der Waals surface area contributed by atoms with Crippen molar-refractivity contribution in [2.45, 2.75) is 0 Å². The summed E-state index contributed by atoms with van der Waals surface area (Å²) < 4.78 is 31.6. The Labute approximate surface area is 92.8 Å². The summed E-state index contributed by atoms with van der Waals surface area (Å²) in [6.45, 7) is 0. The van der Waals surface area contributed by atoms with E-state index in [1.165, 1.54) is 11.9 Å². The Morgan fingerprint density at radius 1 is 1.20 bits per heavy atom. The SMILES string of the molecule is CSN.O=S(=O)(O)O.Oc1ccccc1. The fourth-order valence-corrected chi connectivity index (χ4v) is 0.428. The number of phenolic OH excluding ortho intramolecular Hbond substituents is 1. The average Bonchev–Trinajstić information content (AvgIpc) is 2.03. The first-order valence-electron chi connectivity index (χ1n) is 3.48. The van der Waals surface area contributed by atoms with E-state index < -0.39 is 10.4 Å². The minimum absolute atomic E-state index is 0.322. The van der Waals surface area contributed by atoms with Crippen molar-refractivity contribution in [3.8, 4) is 5.75 Å². The third kappa shape index (κ3) is 31.9. The van der Waals surface area contributed by atoms with Crippen molar-refractivity contribution in [1.29, 1.82) is 0 Å². The van der Waals surface area contributed by atoms with Crippen LogP contribution in [0.2, 0.25) is 0 Å². The van der Waals surface area contributed by atoms with Gasteiger partial charge in [-0.25, -0.2) is 0 Å². The zero-order chi connectivity index (χ0) is 12.3. The second-order valence-corrected chi connectivity index (χ2v) is 3.39. The van der Waals surface area contributed by atoms with Gasteiger partial charge in [-0.1, -0.05) is 30.1 Å². The highest BCUT2D eigenvalue weighted by Gasteiger charge is 1.84. The lowest BCUT2D eigenvalue weighted by molar-refractivity contribution is 0.381. The van der Waals surface area contributed by atoms with Crippen molar-refractivity contribution in [2.24, 2.45) is 5.14 Å². The maximum absolute atomic E-state index is 8.74. The fraction of sp³-hybridized carbons (Fsp3) is 0.143. The lowest BCUT2D eigenvalue weighted by Gasteiger charge is -1.82. The summed E-state index contributed by atoms with van der Waals surface area (Å²) in [5.41, 5.74) is 0. The first-order chi connectivity index (χ1) is 6.81. The van der Waals surface area contributed by atoms with Crippen molar-refractivity contribution in [1.82, 2.24) is 0 Å². The number of para-hydroxylation sites is 1. The molecule has 1 aromatic carbocycles. The average molecular weight is 255 g/mol. The number of hydrogen-bond donors (Lipinski definition) is 4. The fourth-order valence-electron chi connectivity index (χ4n) is 0.428. The Morgan fingerprint density at radius 2 is 1.47 bits per heavy atom. The van der Waals surface area contributed by atoms with Gasteiger partial charge in [0.2, 0.25) is 0 Å². The van der Waals surface area contributed by atoms with Gasteiger partial charge in [-0.05, 0) is 18.4 Å². The van der Waals surface area contributed by atoms with Crippen LogP contribution in [0.5, 0.6) is 5.75 Å². The molecule has 0 radical (unpaired) electrons. The van der Waals surface area contributed by atoms with Crippen LogP contribution in [0, 0.1) is 0 Å². The number of nitrogens with two attached hydrogens (primary N) is 1. The molecule has 0 saturated heterocycles. The van der Waals surface area contributed by atoms with Gasteiger partial charge in [0.05, 0.1) is 0 Å². The van der Waals surface area contributed by atoms with E-state index in [4.69, 9.17) is 27.8 Å². The van der Waals surface area contributed by atoms with Crippen molar-refractivity contribution in [3.63, 3.8) is 0 Å². The maximum atomic E-state index is 8.74. The van der Waals surface area contributed by atoms with Crippen LogP contribution in [0.3, 0.4) is 0 Å². The molecule has 15 heavy (non-hydrogen) atoms. The van der Waals surface area contributed by atoms with Gasteiger partial charge in [-0.15, -0.1) is 0 Å². The molecule has 6 nitrogen and oxygen atoms in total. The molecule has 0 unspecified atom stereocenters. The van der Waals surface area contributed by atoms with Gasteiger partial charge in [0.15, 0.2) is 0 Å². The largest absolute Gasteiger partial charge is 0.508 e. The first kappa shape index (κ1) is 16.6. The number of benzene rings is 1. The predicted octanol–water partition coefficient (Wildman–Crippen LogP) is 0.962. The van der Waals surface area contributed by atoms with E-state index >= 15 is 0 Å². The number of rotatable bonds is 0. The van der Waals surface area contributed by atoms with Crippen molar-refractivity contribution >= 4 is 22.3 Å². The molecular weight excluding hydrogens is 242 g/mol. The van der Waals surface area contributed by atoms with E-state index in [0.29, 0.717) is 5.75 Å². The molecule has 0 spiro atoms. The van der Waals surface area contributed by atoms with Crippen LogP contribution >= 0.6 is 11.9 Å². The minimum atomic E-state index is -4.67. The normalized spacial score (nSPS) is 9.07. The summed E-state index contributed by atoms with van der Waals surface area (Å²) in [6, 6.07) is 8.71. The summed E-state index contributed by atoms with van der Waals surface area (Å²) in [4.78, 5) is 0. The van der Waals surface area contributed by atoms with E-state index in [1.54, 1.807) is 24.3 Å².